The van der Waals surface area contributed by atoms with Gasteiger partial charge in [-0.3, -0.25) is 0 Å². The van der Waals surface area contributed by atoms with Gasteiger partial charge in [-0.05, 0) is 38.7 Å². The van der Waals surface area contributed by atoms with Crippen molar-refractivity contribution in [2.45, 2.75) is 13.5 Å². The highest BCUT2D eigenvalue weighted by atomic mass is 16.5. The molecule has 0 saturated heterocycles. The quantitative estimate of drug-likeness (QED) is 0.654. The van der Waals surface area contributed by atoms with E-state index in [-0.39, 0.29) is 0 Å². The molecule has 0 fully saturated rings. The summed E-state index contributed by atoms with van der Waals surface area (Å²) in [6, 6.07) is 8.19. The van der Waals surface area contributed by atoms with Gasteiger partial charge in [-0.1, -0.05) is 12.1 Å². The normalized spacial score (nSPS) is 10.9. The van der Waals surface area contributed by atoms with Crippen LogP contribution in [0.1, 0.15) is 12.5 Å². The van der Waals surface area contributed by atoms with Crippen molar-refractivity contribution in [1.82, 2.24) is 10.2 Å². The van der Waals surface area contributed by atoms with Crippen molar-refractivity contribution < 1.29 is 9.47 Å². The summed E-state index contributed by atoms with van der Waals surface area (Å²) in [5.74, 6) is 0.929. The summed E-state index contributed by atoms with van der Waals surface area (Å²) in [4.78, 5) is 2.12. The molecule has 0 aromatic heterocycles. The maximum absolute atomic E-state index is 5.51. The van der Waals surface area contributed by atoms with Crippen LogP contribution in [0.25, 0.3) is 0 Å². The lowest BCUT2D eigenvalue weighted by molar-refractivity contribution is 0.119. The zero-order valence-corrected chi connectivity index (χ0v) is 12.3. The molecule has 1 aromatic rings. The molecule has 1 N–H and O–H groups in total. The molecule has 4 heteroatoms. The standard InChI is InChI=1S/C15H26N2O2/c1-4-19-15-7-5-14(6-8-15)13-16-9-11-18-12-10-17(2)3/h5-8,16H,4,9-13H2,1-3H3. The van der Waals surface area contributed by atoms with E-state index in [1.165, 1.54) is 5.56 Å². The minimum Gasteiger partial charge on any atom is -0.494 e. The van der Waals surface area contributed by atoms with Gasteiger partial charge in [0.1, 0.15) is 5.75 Å². The predicted octanol–water partition coefficient (Wildman–Crippen LogP) is 1.75. The minimum atomic E-state index is 0.710. The zero-order valence-electron chi connectivity index (χ0n) is 12.3. The number of hydrogen-bond acceptors (Lipinski definition) is 4. The van der Waals surface area contributed by atoms with Gasteiger partial charge < -0.3 is 19.7 Å². The molecule has 0 unspecified atom stereocenters. The highest BCUT2D eigenvalue weighted by Crippen LogP contribution is 2.11. The second kappa shape index (κ2) is 9.78. The van der Waals surface area contributed by atoms with E-state index in [0.29, 0.717) is 6.61 Å². The van der Waals surface area contributed by atoms with Crippen LogP contribution < -0.4 is 10.1 Å². The number of nitrogens with zero attached hydrogens (tertiary/aromatic N) is 1. The summed E-state index contributed by atoms with van der Waals surface area (Å²) in [7, 11) is 4.10. The Morgan fingerprint density at radius 2 is 1.84 bits per heavy atom. The largest absolute Gasteiger partial charge is 0.494 e. The first kappa shape index (κ1) is 16.0. The molecule has 0 spiro atoms. The van der Waals surface area contributed by atoms with Crippen LogP contribution in [0.2, 0.25) is 0 Å². The zero-order chi connectivity index (χ0) is 13.9. The van der Waals surface area contributed by atoms with E-state index in [1.807, 2.05) is 33.2 Å². The van der Waals surface area contributed by atoms with Crippen molar-refractivity contribution in [2.75, 3.05) is 47.0 Å². The monoisotopic (exact) mass is 266 g/mol. The second-order valence-electron chi connectivity index (χ2n) is 4.67. The third-order valence-electron chi connectivity index (χ3n) is 2.67. The lowest BCUT2D eigenvalue weighted by Crippen LogP contribution is -2.23. The number of likely N-dealkylation sites (N-methyl/N-ethyl adjacent to an activating group) is 1. The van der Waals surface area contributed by atoms with Gasteiger partial charge in [0.25, 0.3) is 0 Å². The van der Waals surface area contributed by atoms with Crippen LogP contribution in [0.4, 0.5) is 0 Å². The number of rotatable bonds is 10. The summed E-state index contributed by atoms with van der Waals surface area (Å²) in [6.45, 7) is 6.96. The Labute approximate surface area is 116 Å². The van der Waals surface area contributed by atoms with E-state index < -0.39 is 0 Å². The van der Waals surface area contributed by atoms with E-state index >= 15 is 0 Å². The highest BCUT2D eigenvalue weighted by Gasteiger charge is 1.95. The molecule has 108 valence electrons. The van der Waals surface area contributed by atoms with Crippen LogP contribution in [0.5, 0.6) is 5.75 Å². The minimum absolute atomic E-state index is 0.710. The molecule has 0 aliphatic rings. The van der Waals surface area contributed by atoms with Gasteiger partial charge in [0, 0.05) is 19.6 Å². The molecule has 0 radical (unpaired) electrons. The highest BCUT2D eigenvalue weighted by molar-refractivity contribution is 5.27. The Hall–Kier alpha value is -1.10. The molecular weight excluding hydrogens is 240 g/mol. The summed E-state index contributed by atoms with van der Waals surface area (Å²) >= 11 is 0. The van der Waals surface area contributed by atoms with Crippen LogP contribution >= 0.6 is 0 Å². The third-order valence-corrected chi connectivity index (χ3v) is 2.67. The first-order valence-electron chi connectivity index (χ1n) is 6.87. The van der Waals surface area contributed by atoms with Gasteiger partial charge in [0.15, 0.2) is 0 Å². The molecule has 0 saturated carbocycles. The molecule has 0 atom stereocenters. The Balaban J connectivity index is 2.05. The molecule has 0 heterocycles. The number of nitrogens with one attached hydrogen (secondary N) is 1. The molecule has 0 aliphatic carbocycles. The van der Waals surface area contributed by atoms with Crippen LogP contribution in [-0.2, 0) is 11.3 Å². The third kappa shape index (κ3) is 7.82. The number of hydrogen-bond donors (Lipinski definition) is 1. The predicted molar refractivity (Wildman–Crippen MR) is 78.7 cm³/mol. The number of benzene rings is 1. The lowest BCUT2D eigenvalue weighted by atomic mass is 10.2. The van der Waals surface area contributed by atoms with E-state index in [4.69, 9.17) is 9.47 Å². The topological polar surface area (TPSA) is 33.7 Å². The van der Waals surface area contributed by atoms with Gasteiger partial charge >= 0.3 is 0 Å². The van der Waals surface area contributed by atoms with E-state index in [2.05, 4.69) is 22.3 Å². The first-order valence-corrected chi connectivity index (χ1v) is 6.87. The molecular formula is C15H26N2O2. The van der Waals surface area contributed by atoms with Gasteiger partial charge in [0.2, 0.25) is 0 Å². The van der Waals surface area contributed by atoms with Gasteiger partial charge in [-0.25, -0.2) is 0 Å². The molecule has 0 bridgehead atoms. The molecule has 1 aromatic carbocycles. The van der Waals surface area contributed by atoms with Gasteiger partial charge in [-0.2, -0.15) is 0 Å². The molecule has 0 aliphatic heterocycles. The van der Waals surface area contributed by atoms with Crippen molar-refractivity contribution >= 4 is 0 Å². The van der Waals surface area contributed by atoms with Crippen molar-refractivity contribution in [3.63, 3.8) is 0 Å². The van der Waals surface area contributed by atoms with E-state index in [1.54, 1.807) is 0 Å². The van der Waals surface area contributed by atoms with Crippen molar-refractivity contribution in [2.24, 2.45) is 0 Å². The fourth-order valence-corrected chi connectivity index (χ4v) is 1.60. The maximum atomic E-state index is 5.51. The van der Waals surface area contributed by atoms with E-state index in [0.717, 1.165) is 38.6 Å². The van der Waals surface area contributed by atoms with Gasteiger partial charge in [-0.15, -0.1) is 0 Å². The second-order valence-corrected chi connectivity index (χ2v) is 4.67. The SMILES string of the molecule is CCOc1ccc(CNCCOCCN(C)C)cc1. The average Bonchev–Trinajstić information content (AvgIpc) is 2.39. The molecule has 1 rings (SSSR count). The lowest BCUT2D eigenvalue weighted by Gasteiger charge is -2.10. The Morgan fingerprint density at radius 1 is 1.11 bits per heavy atom. The van der Waals surface area contributed by atoms with Crippen molar-refractivity contribution in [3.05, 3.63) is 29.8 Å². The Kier molecular flexibility index (Phi) is 8.21. The molecule has 0 amide bonds. The van der Waals surface area contributed by atoms with Gasteiger partial charge in [0.05, 0.1) is 19.8 Å². The smallest absolute Gasteiger partial charge is 0.119 e. The average molecular weight is 266 g/mol. The van der Waals surface area contributed by atoms with Crippen LogP contribution in [0.3, 0.4) is 0 Å². The number of ether oxygens (including phenoxy) is 2. The van der Waals surface area contributed by atoms with Crippen molar-refractivity contribution in [3.8, 4) is 5.75 Å². The fraction of sp³-hybridized carbons (Fsp3) is 0.600. The Bertz CT molecular complexity index is 325. The molecule has 19 heavy (non-hydrogen) atoms. The van der Waals surface area contributed by atoms with Crippen LogP contribution in [0.15, 0.2) is 24.3 Å². The van der Waals surface area contributed by atoms with E-state index in [9.17, 15) is 0 Å². The summed E-state index contributed by atoms with van der Waals surface area (Å²) in [5, 5.41) is 3.36. The fourth-order valence-electron chi connectivity index (χ4n) is 1.60. The first-order chi connectivity index (χ1) is 9.22. The summed E-state index contributed by atoms with van der Waals surface area (Å²) < 4.78 is 10.9. The van der Waals surface area contributed by atoms with Crippen LogP contribution in [0, 0.1) is 0 Å². The van der Waals surface area contributed by atoms with Crippen molar-refractivity contribution in [1.29, 1.82) is 0 Å². The maximum Gasteiger partial charge on any atom is 0.119 e. The summed E-state index contributed by atoms with van der Waals surface area (Å²) in [6.07, 6.45) is 0. The molecule has 4 nitrogen and oxygen atoms in total. The Morgan fingerprint density at radius 3 is 2.47 bits per heavy atom. The van der Waals surface area contributed by atoms with Crippen LogP contribution in [-0.4, -0.2) is 51.9 Å². The summed E-state index contributed by atoms with van der Waals surface area (Å²) in [5.41, 5.74) is 1.26.